The van der Waals surface area contributed by atoms with Crippen molar-refractivity contribution in [1.82, 2.24) is 49.3 Å². The van der Waals surface area contributed by atoms with Gasteiger partial charge in [-0.3, -0.25) is 4.57 Å². The molecular weight excluding hydrogens is 588 g/mol. The van der Waals surface area contributed by atoms with Crippen LogP contribution in [0.15, 0.2) is 79.5 Å². The van der Waals surface area contributed by atoms with E-state index in [1.54, 1.807) is 17.9 Å². The van der Waals surface area contributed by atoms with Crippen molar-refractivity contribution < 1.29 is 14.9 Å². The Hall–Kier alpha value is -5.25. The molecule has 4 aromatic heterocycles. The molecule has 15 nitrogen and oxygen atoms in total. The molecule has 1 fully saturated rings. The van der Waals surface area contributed by atoms with E-state index in [0.717, 1.165) is 16.8 Å². The number of rotatable bonds is 11. The number of nitrogens with one attached hydrogen (secondary N) is 2. The van der Waals surface area contributed by atoms with Gasteiger partial charge in [0, 0.05) is 38.7 Å². The van der Waals surface area contributed by atoms with Crippen LogP contribution in [0.1, 0.15) is 40.9 Å². The van der Waals surface area contributed by atoms with E-state index < -0.39 is 24.5 Å². The topological polar surface area (TPSA) is 179 Å². The average molecular weight is 623 g/mol. The fourth-order valence-electron chi connectivity index (χ4n) is 5.72. The van der Waals surface area contributed by atoms with E-state index >= 15 is 0 Å². The van der Waals surface area contributed by atoms with Crippen molar-refractivity contribution in [1.29, 1.82) is 0 Å². The summed E-state index contributed by atoms with van der Waals surface area (Å²) in [6, 6.07) is 20.6. The molecule has 46 heavy (non-hydrogen) atoms. The first kappa shape index (κ1) is 29.5. The van der Waals surface area contributed by atoms with Crippen LogP contribution in [0, 0.1) is 0 Å². The molecule has 4 N–H and O–H groups in total. The van der Waals surface area contributed by atoms with Crippen molar-refractivity contribution in [3.05, 3.63) is 102 Å². The zero-order valence-electron chi connectivity index (χ0n) is 25.3. The Bertz CT molecular complexity index is 1870. The third-order valence-electron chi connectivity index (χ3n) is 8.01. The quantitative estimate of drug-likeness (QED) is 0.165. The van der Waals surface area contributed by atoms with Crippen molar-refractivity contribution in [3.8, 4) is 0 Å². The van der Waals surface area contributed by atoms with Gasteiger partial charge in [-0.05, 0) is 16.3 Å². The van der Waals surface area contributed by atoms with Crippen molar-refractivity contribution in [2.45, 2.75) is 36.9 Å². The Morgan fingerprint density at radius 3 is 2.28 bits per heavy atom. The molecule has 7 rings (SSSR count). The fraction of sp³-hybridized carbons (Fsp3) is 0.323. The van der Waals surface area contributed by atoms with Gasteiger partial charge in [-0.25, -0.2) is 9.97 Å². The van der Waals surface area contributed by atoms with E-state index in [1.165, 1.54) is 11.1 Å². The molecule has 15 heteroatoms. The highest BCUT2D eigenvalue weighted by Gasteiger charge is 2.47. The molecule has 1 saturated heterocycles. The van der Waals surface area contributed by atoms with Gasteiger partial charge in [-0.2, -0.15) is 14.8 Å². The molecule has 0 spiro atoms. The van der Waals surface area contributed by atoms with Crippen LogP contribution in [0.25, 0.3) is 11.2 Å². The molecule has 4 atom stereocenters. The number of aryl methyl sites for hydroxylation is 2. The molecule has 6 aromatic rings. The maximum Gasteiger partial charge on any atom is 0.226 e. The van der Waals surface area contributed by atoms with Crippen molar-refractivity contribution in [2.75, 3.05) is 23.7 Å². The second-order valence-electron chi connectivity index (χ2n) is 11.2. The van der Waals surface area contributed by atoms with Crippen LogP contribution in [0.5, 0.6) is 0 Å². The van der Waals surface area contributed by atoms with Crippen LogP contribution >= 0.6 is 0 Å². The average Bonchev–Trinajstić information content (AvgIpc) is 3.86. The van der Waals surface area contributed by atoms with Gasteiger partial charge in [-0.15, -0.1) is 10.2 Å². The lowest BCUT2D eigenvalue weighted by Gasteiger charge is -2.20. The van der Waals surface area contributed by atoms with Gasteiger partial charge >= 0.3 is 0 Å². The number of ether oxygens (including phenoxy) is 1. The van der Waals surface area contributed by atoms with Crippen LogP contribution in [-0.4, -0.2) is 84.8 Å². The van der Waals surface area contributed by atoms with E-state index in [-0.39, 0.29) is 11.7 Å². The smallest absolute Gasteiger partial charge is 0.226 e. The fourth-order valence-corrected chi connectivity index (χ4v) is 5.72. The Balaban J connectivity index is 1.21. The summed E-state index contributed by atoms with van der Waals surface area (Å²) in [6.45, 7) is 1.07. The van der Waals surface area contributed by atoms with Crippen LogP contribution in [0.2, 0.25) is 0 Å². The van der Waals surface area contributed by atoms with E-state index in [9.17, 15) is 10.2 Å². The van der Waals surface area contributed by atoms with E-state index in [2.05, 4.69) is 60.3 Å². The third-order valence-corrected chi connectivity index (χ3v) is 8.01. The number of benzene rings is 2. The highest BCUT2D eigenvalue weighted by Crippen LogP contribution is 2.39. The van der Waals surface area contributed by atoms with Gasteiger partial charge in [0.05, 0.1) is 25.4 Å². The zero-order chi connectivity index (χ0) is 31.6. The summed E-state index contributed by atoms with van der Waals surface area (Å²) in [7, 11) is 3.54. The molecule has 1 aliphatic heterocycles. The first-order valence-electron chi connectivity index (χ1n) is 15.0. The molecule has 0 unspecified atom stereocenters. The molecule has 0 bridgehead atoms. The third kappa shape index (κ3) is 5.90. The van der Waals surface area contributed by atoms with Gasteiger partial charge < -0.3 is 30.2 Å². The first-order valence-corrected chi connectivity index (χ1v) is 15.0. The van der Waals surface area contributed by atoms with Crippen molar-refractivity contribution >= 4 is 22.9 Å². The molecule has 1 aliphatic rings. The number of aliphatic hydroxyl groups is 2. The molecule has 0 saturated carbocycles. The number of aromatic nitrogens is 10. The van der Waals surface area contributed by atoms with Crippen LogP contribution in [0.4, 0.5) is 11.8 Å². The maximum absolute atomic E-state index is 11.1. The lowest BCUT2D eigenvalue weighted by atomic mass is 9.91. The Morgan fingerprint density at radius 2 is 1.63 bits per heavy atom. The lowest BCUT2D eigenvalue weighted by Crippen LogP contribution is -2.29. The van der Waals surface area contributed by atoms with E-state index in [4.69, 9.17) is 14.7 Å². The predicted octanol–water partition coefficient (Wildman–Crippen LogP) is 1.97. The first-order chi connectivity index (χ1) is 22.4. The molecule has 0 aliphatic carbocycles. The number of hydrogen-bond donors (Lipinski definition) is 4. The summed E-state index contributed by atoms with van der Waals surface area (Å²) in [5, 5.41) is 40.7. The van der Waals surface area contributed by atoms with Crippen molar-refractivity contribution in [3.63, 3.8) is 0 Å². The van der Waals surface area contributed by atoms with Gasteiger partial charge in [-0.1, -0.05) is 60.7 Å². The minimum absolute atomic E-state index is 0.0328. The normalized spacial score (nSPS) is 19.7. The van der Waals surface area contributed by atoms with E-state index in [0.29, 0.717) is 42.4 Å². The minimum atomic E-state index is -1.31. The number of hydrogen-bond acceptors (Lipinski definition) is 12. The molecular formula is C31H34N12O3. The Kier molecular flexibility index (Phi) is 8.09. The highest BCUT2D eigenvalue weighted by atomic mass is 16.6. The summed E-state index contributed by atoms with van der Waals surface area (Å²) in [5.41, 5.74) is 4.16. The molecule has 0 amide bonds. The van der Waals surface area contributed by atoms with Gasteiger partial charge in [0.25, 0.3) is 0 Å². The summed E-state index contributed by atoms with van der Waals surface area (Å²) in [4.78, 5) is 19.9. The van der Waals surface area contributed by atoms with Gasteiger partial charge in [0.15, 0.2) is 29.3 Å². The summed E-state index contributed by atoms with van der Waals surface area (Å²) in [5.74, 6) is 1.08. The molecule has 5 heterocycles. The second-order valence-corrected chi connectivity index (χ2v) is 11.2. The largest absolute Gasteiger partial charge is 0.387 e. The summed E-state index contributed by atoms with van der Waals surface area (Å²) < 4.78 is 9.61. The van der Waals surface area contributed by atoms with Crippen LogP contribution in [-0.2, 0) is 25.3 Å². The number of anilines is 2. The Labute approximate surface area is 263 Å². The highest BCUT2D eigenvalue weighted by molar-refractivity contribution is 5.84. The number of tetrazole rings is 1. The number of imidazole rings is 2. The van der Waals surface area contributed by atoms with Crippen LogP contribution < -0.4 is 10.6 Å². The molecule has 0 radical (unpaired) electrons. The maximum atomic E-state index is 11.1. The second kappa shape index (κ2) is 12.6. The summed E-state index contributed by atoms with van der Waals surface area (Å²) >= 11 is 0. The van der Waals surface area contributed by atoms with E-state index in [1.807, 2.05) is 54.2 Å². The Morgan fingerprint density at radius 1 is 0.891 bits per heavy atom. The number of aliphatic hydroxyl groups excluding tert-OH is 2. The van der Waals surface area contributed by atoms with Gasteiger partial charge in [0.1, 0.15) is 12.2 Å². The predicted molar refractivity (Wildman–Crippen MR) is 168 cm³/mol. The number of fused-ring (bicyclic) bond motifs is 1. The molecule has 2 aromatic carbocycles. The monoisotopic (exact) mass is 622 g/mol. The van der Waals surface area contributed by atoms with Crippen molar-refractivity contribution in [2.24, 2.45) is 14.1 Å². The van der Waals surface area contributed by atoms with Crippen LogP contribution in [0.3, 0.4) is 0 Å². The SMILES string of the molecule is Cn1cnc(CCNc2nc(NCC(c3ccccc3)c3ccccc3)c3ncn([C@@H]4O[C@H](c5nnn(C)n5)[C@@H](O)[C@H]4O)c3n2)c1. The summed E-state index contributed by atoms with van der Waals surface area (Å²) in [6.07, 6.45) is 1.32. The lowest BCUT2D eigenvalue weighted by molar-refractivity contribution is -0.0384. The number of nitrogens with zero attached hydrogens (tertiary/aromatic N) is 10. The van der Waals surface area contributed by atoms with Gasteiger partial charge in [0.2, 0.25) is 11.8 Å². The standard InChI is InChI=1S/C31H34N12O3/c1-41-16-21(34-17-41)13-14-32-31-36-27(33-15-22(19-9-5-3-6-10-19)20-11-7-4-8-12-20)23-29(37-31)43(18-35-23)30-25(45)24(44)26(46-30)28-38-40-42(2)39-28/h3-12,16-18,22,24-26,30,44-45H,13-15H2,1-2H3,(H2,32,33,36,37)/t24-,25+,26-,30+/m0/s1. The zero-order valence-corrected chi connectivity index (χ0v) is 25.3. The molecule has 236 valence electrons. The minimum Gasteiger partial charge on any atom is -0.387 e.